The number of nitrogens with two attached hydrogens (primary N) is 1. The molecule has 2 aliphatic heterocycles. The Morgan fingerprint density at radius 1 is 1.10 bits per heavy atom. The molecule has 154 valence electrons. The van der Waals surface area contributed by atoms with Gasteiger partial charge in [-0.15, -0.1) is 11.8 Å². The third-order valence-corrected chi connectivity index (χ3v) is 6.53. The third-order valence-electron chi connectivity index (χ3n) is 5.17. The Balaban J connectivity index is 1.70. The lowest BCUT2D eigenvalue weighted by Gasteiger charge is -2.48. The zero-order valence-corrected chi connectivity index (χ0v) is 17.3. The van der Waals surface area contributed by atoms with E-state index in [-0.39, 0.29) is 29.2 Å². The van der Waals surface area contributed by atoms with Crippen LogP contribution in [0.5, 0.6) is 0 Å². The smallest absolute Gasteiger partial charge is 0.356 e. The molecule has 7 heteroatoms. The molecule has 6 nitrogen and oxygen atoms in total. The molecule has 2 atom stereocenters. The molecule has 0 saturated carbocycles. The van der Waals surface area contributed by atoms with Crippen LogP contribution in [0.15, 0.2) is 71.9 Å². The molecule has 1 amide bonds. The van der Waals surface area contributed by atoms with Gasteiger partial charge in [-0.3, -0.25) is 14.5 Å². The van der Waals surface area contributed by atoms with Crippen molar-refractivity contribution in [2.75, 3.05) is 5.75 Å². The van der Waals surface area contributed by atoms with E-state index >= 15 is 0 Å². The average Bonchev–Trinajstić information content (AvgIpc) is 2.77. The number of hydrogen-bond acceptors (Lipinski definition) is 6. The zero-order valence-electron chi connectivity index (χ0n) is 16.5. The summed E-state index contributed by atoms with van der Waals surface area (Å²) in [6.07, 6.45) is -0.533. The standard InChI is InChI=1S/C23H22N2O4S/c1-14(26)12-17-13-30-22-18(24)21(27)25(22)19(17)23(28)29-20(15-8-4-2-5-9-15)16-10-6-3-7-11-16/h2-11,18,20,22H,12-13,24H2,1H3/t18?,22-/m1/s1. The fraction of sp³-hybridized carbons (Fsp3) is 0.261. The minimum atomic E-state index is -0.643. The maximum absolute atomic E-state index is 13.4. The minimum absolute atomic E-state index is 0.0747. The van der Waals surface area contributed by atoms with Gasteiger partial charge in [0.25, 0.3) is 0 Å². The highest BCUT2D eigenvalue weighted by Gasteiger charge is 2.52. The molecule has 0 aromatic heterocycles. The van der Waals surface area contributed by atoms with Gasteiger partial charge in [0, 0.05) is 12.2 Å². The molecule has 2 N–H and O–H groups in total. The molecule has 2 aromatic rings. The third kappa shape index (κ3) is 3.78. The van der Waals surface area contributed by atoms with Gasteiger partial charge >= 0.3 is 5.97 Å². The first-order valence-corrected chi connectivity index (χ1v) is 10.7. The molecule has 0 spiro atoms. The predicted molar refractivity (Wildman–Crippen MR) is 114 cm³/mol. The maximum atomic E-state index is 13.4. The molecule has 0 radical (unpaired) electrons. The summed E-state index contributed by atoms with van der Waals surface area (Å²) in [6, 6.07) is 18.2. The Morgan fingerprint density at radius 2 is 1.67 bits per heavy atom. The fourth-order valence-corrected chi connectivity index (χ4v) is 5.04. The van der Waals surface area contributed by atoms with Gasteiger partial charge in [0.05, 0.1) is 0 Å². The van der Waals surface area contributed by atoms with Gasteiger partial charge in [0.1, 0.15) is 22.9 Å². The van der Waals surface area contributed by atoms with Crippen LogP contribution in [-0.2, 0) is 19.1 Å². The number of ketones is 1. The lowest BCUT2D eigenvalue weighted by atomic mass is 10.00. The fourth-order valence-electron chi connectivity index (χ4n) is 3.75. The predicted octanol–water partition coefficient (Wildman–Crippen LogP) is 2.79. The minimum Gasteiger partial charge on any atom is -0.448 e. The van der Waals surface area contributed by atoms with Gasteiger partial charge in [0.15, 0.2) is 6.10 Å². The van der Waals surface area contributed by atoms with Crippen molar-refractivity contribution in [2.45, 2.75) is 30.9 Å². The number of amides is 1. The first kappa shape index (κ1) is 20.4. The van der Waals surface area contributed by atoms with Crippen LogP contribution in [0, 0.1) is 0 Å². The summed E-state index contributed by atoms with van der Waals surface area (Å²) >= 11 is 1.47. The van der Waals surface area contributed by atoms with Gasteiger partial charge in [-0.25, -0.2) is 4.79 Å². The Morgan fingerprint density at radius 3 is 2.20 bits per heavy atom. The Kier molecular flexibility index (Phi) is 5.74. The van der Waals surface area contributed by atoms with Crippen LogP contribution >= 0.6 is 11.8 Å². The Labute approximate surface area is 179 Å². The van der Waals surface area contributed by atoms with Crippen LogP contribution in [0.1, 0.15) is 30.6 Å². The van der Waals surface area contributed by atoms with E-state index in [4.69, 9.17) is 10.5 Å². The number of carbonyl (C=O) groups excluding carboxylic acids is 3. The van der Waals surface area contributed by atoms with E-state index in [0.29, 0.717) is 11.3 Å². The lowest BCUT2D eigenvalue weighted by Crippen LogP contribution is -2.68. The van der Waals surface area contributed by atoms with E-state index in [1.807, 2.05) is 60.7 Å². The lowest BCUT2D eigenvalue weighted by molar-refractivity contribution is -0.153. The highest BCUT2D eigenvalue weighted by Crippen LogP contribution is 2.41. The average molecular weight is 423 g/mol. The summed E-state index contributed by atoms with van der Waals surface area (Å²) in [5.74, 6) is -0.548. The van der Waals surface area contributed by atoms with E-state index in [2.05, 4.69) is 0 Å². The largest absolute Gasteiger partial charge is 0.448 e. The van der Waals surface area contributed by atoms with E-state index in [1.54, 1.807) is 0 Å². The van der Waals surface area contributed by atoms with Crippen molar-refractivity contribution >= 4 is 29.4 Å². The van der Waals surface area contributed by atoms with E-state index < -0.39 is 18.1 Å². The summed E-state index contributed by atoms with van der Waals surface area (Å²) in [4.78, 5) is 39.0. The number of Topliss-reactive ketones (excluding diaryl/α,β-unsaturated/α-hetero) is 1. The van der Waals surface area contributed by atoms with Crippen LogP contribution in [-0.4, -0.2) is 39.7 Å². The SMILES string of the molecule is CC(=O)CC1=C(C(=O)OC(c2ccccc2)c2ccccc2)N2C(=O)C(N)[C@H]2SC1. The molecule has 2 aromatic carbocycles. The molecule has 1 unspecified atom stereocenters. The molecule has 0 aliphatic carbocycles. The van der Waals surface area contributed by atoms with Crippen LogP contribution in [0.2, 0.25) is 0 Å². The molecular weight excluding hydrogens is 400 g/mol. The molecule has 30 heavy (non-hydrogen) atoms. The van der Waals surface area contributed by atoms with Crippen molar-refractivity contribution in [1.29, 1.82) is 0 Å². The number of hydrogen-bond donors (Lipinski definition) is 1. The summed E-state index contributed by atoms with van der Waals surface area (Å²) in [7, 11) is 0. The Bertz CT molecular complexity index is 967. The number of esters is 1. The summed E-state index contributed by atoms with van der Waals surface area (Å²) in [6.45, 7) is 1.47. The highest BCUT2D eigenvalue weighted by atomic mass is 32.2. The van der Waals surface area contributed by atoms with Crippen LogP contribution in [0.25, 0.3) is 0 Å². The Hall–Kier alpha value is -2.90. The van der Waals surface area contributed by atoms with Crippen molar-refractivity contribution in [3.63, 3.8) is 0 Å². The van der Waals surface area contributed by atoms with Gasteiger partial charge in [-0.05, 0) is 23.6 Å². The molecule has 2 heterocycles. The molecule has 1 saturated heterocycles. The van der Waals surface area contributed by atoms with Crippen molar-refractivity contribution < 1.29 is 19.1 Å². The number of fused-ring (bicyclic) bond motifs is 1. The van der Waals surface area contributed by atoms with Crippen LogP contribution in [0.4, 0.5) is 0 Å². The van der Waals surface area contributed by atoms with E-state index in [1.165, 1.54) is 23.6 Å². The molecule has 1 fully saturated rings. The topological polar surface area (TPSA) is 89.7 Å². The highest BCUT2D eigenvalue weighted by molar-refractivity contribution is 8.00. The molecular formula is C23H22N2O4S. The molecule has 4 rings (SSSR count). The summed E-state index contributed by atoms with van der Waals surface area (Å²) in [5.41, 5.74) is 8.32. The van der Waals surface area contributed by atoms with Crippen molar-refractivity contribution in [2.24, 2.45) is 5.73 Å². The van der Waals surface area contributed by atoms with Crippen molar-refractivity contribution in [1.82, 2.24) is 4.90 Å². The second kappa shape index (κ2) is 8.45. The zero-order chi connectivity index (χ0) is 21.3. The van der Waals surface area contributed by atoms with Gasteiger partial charge in [0.2, 0.25) is 5.91 Å². The normalized spacial score (nSPS) is 20.6. The van der Waals surface area contributed by atoms with Gasteiger partial charge in [-0.2, -0.15) is 0 Å². The molecule has 0 bridgehead atoms. The first-order chi connectivity index (χ1) is 14.5. The number of benzene rings is 2. The van der Waals surface area contributed by atoms with Crippen LogP contribution in [0.3, 0.4) is 0 Å². The van der Waals surface area contributed by atoms with Gasteiger partial charge in [-0.1, -0.05) is 60.7 Å². The maximum Gasteiger partial charge on any atom is 0.356 e. The number of β-lactam (4-membered cyclic amide) rings is 1. The number of ether oxygens (including phenoxy) is 1. The van der Waals surface area contributed by atoms with Crippen molar-refractivity contribution in [3.05, 3.63) is 83.1 Å². The van der Waals surface area contributed by atoms with Crippen LogP contribution < -0.4 is 5.73 Å². The number of thioether (sulfide) groups is 1. The second-order valence-corrected chi connectivity index (χ2v) is 8.48. The number of carbonyl (C=O) groups is 3. The second-order valence-electron chi connectivity index (χ2n) is 7.37. The number of nitrogens with zero attached hydrogens (tertiary/aromatic N) is 1. The molecule has 2 aliphatic rings. The van der Waals surface area contributed by atoms with E-state index in [0.717, 1.165) is 11.1 Å². The summed E-state index contributed by atoms with van der Waals surface area (Å²) in [5, 5.41) is -0.303. The monoisotopic (exact) mass is 422 g/mol. The van der Waals surface area contributed by atoms with Crippen molar-refractivity contribution in [3.8, 4) is 0 Å². The van der Waals surface area contributed by atoms with Gasteiger partial charge < -0.3 is 10.5 Å². The number of rotatable bonds is 6. The van der Waals surface area contributed by atoms with E-state index in [9.17, 15) is 14.4 Å². The summed E-state index contributed by atoms with van der Waals surface area (Å²) < 4.78 is 5.96. The quantitative estimate of drug-likeness (QED) is 0.569. The first-order valence-electron chi connectivity index (χ1n) is 9.70.